The minimum Gasteiger partial charge on any atom is -0.422 e. The Bertz CT molecular complexity index is 1290. The molecular weight excluding hydrogens is 388 g/mol. The highest BCUT2D eigenvalue weighted by molar-refractivity contribution is 5.99. The van der Waals surface area contributed by atoms with Gasteiger partial charge in [-0.25, -0.2) is 4.79 Å². The van der Waals surface area contributed by atoms with Gasteiger partial charge in [0, 0.05) is 30.2 Å². The monoisotopic (exact) mass is 412 g/mol. The van der Waals surface area contributed by atoms with Gasteiger partial charge in [0.15, 0.2) is 0 Å². The molecule has 0 unspecified atom stereocenters. The molecule has 2 N–H and O–H groups in total. The third-order valence-corrected chi connectivity index (χ3v) is 5.45. The van der Waals surface area contributed by atoms with Crippen LogP contribution in [0.25, 0.3) is 11.0 Å². The second-order valence-electron chi connectivity index (χ2n) is 7.54. The zero-order valence-electron chi connectivity index (χ0n) is 17.6. The Morgan fingerprint density at radius 1 is 0.903 bits per heavy atom. The van der Waals surface area contributed by atoms with Crippen LogP contribution in [0.3, 0.4) is 0 Å². The number of carbonyl (C=O) groups is 1. The highest BCUT2D eigenvalue weighted by Gasteiger charge is 2.13. The van der Waals surface area contributed by atoms with E-state index in [1.807, 2.05) is 74.5 Å². The molecule has 156 valence electrons. The van der Waals surface area contributed by atoms with Gasteiger partial charge in [-0.15, -0.1) is 0 Å². The summed E-state index contributed by atoms with van der Waals surface area (Å²) in [7, 11) is 0. The molecule has 0 aliphatic carbocycles. The number of benzene rings is 3. The Kier molecular flexibility index (Phi) is 5.85. The number of hydrogen-bond donors (Lipinski definition) is 2. The van der Waals surface area contributed by atoms with Gasteiger partial charge in [-0.2, -0.15) is 0 Å². The van der Waals surface area contributed by atoms with Crippen molar-refractivity contribution in [3.63, 3.8) is 0 Å². The number of rotatable bonds is 6. The normalized spacial score (nSPS) is 10.8. The van der Waals surface area contributed by atoms with E-state index in [1.165, 1.54) is 6.07 Å². The Hall–Kier alpha value is -3.86. The van der Waals surface area contributed by atoms with Crippen molar-refractivity contribution >= 4 is 22.6 Å². The number of aryl methyl sites for hydroxylation is 2. The molecule has 0 spiro atoms. The maximum absolute atomic E-state index is 12.8. The molecule has 5 heteroatoms. The summed E-state index contributed by atoms with van der Waals surface area (Å²) in [6.45, 7) is 4.79. The Labute approximate surface area is 180 Å². The van der Waals surface area contributed by atoms with E-state index in [2.05, 4.69) is 10.6 Å². The Balaban J connectivity index is 1.55. The van der Waals surface area contributed by atoms with Gasteiger partial charge in [-0.05, 0) is 48.2 Å². The van der Waals surface area contributed by atoms with E-state index in [1.54, 1.807) is 6.07 Å². The highest BCUT2D eigenvalue weighted by atomic mass is 16.4. The summed E-state index contributed by atoms with van der Waals surface area (Å²) < 4.78 is 5.45. The molecule has 1 aromatic heterocycles. The number of carbonyl (C=O) groups excluding carboxylic acids is 1. The van der Waals surface area contributed by atoms with E-state index in [0.29, 0.717) is 29.9 Å². The summed E-state index contributed by atoms with van der Waals surface area (Å²) in [4.78, 5) is 24.9. The van der Waals surface area contributed by atoms with E-state index in [4.69, 9.17) is 4.42 Å². The number of amides is 1. The molecule has 0 radical (unpaired) electrons. The third-order valence-electron chi connectivity index (χ3n) is 5.45. The lowest BCUT2D eigenvalue weighted by atomic mass is 10.0. The molecule has 0 aliphatic heterocycles. The fourth-order valence-corrected chi connectivity index (χ4v) is 3.57. The fourth-order valence-electron chi connectivity index (χ4n) is 3.57. The van der Waals surface area contributed by atoms with Crippen LogP contribution in [-0.4, -0.2) is 5.91 Å². The average molecular weight is 412 g/mol. The summed E-state index contributed by atoms with van der Waals surface area (Å²) >= 11 is 0. The minimum atomic E-state index is -0.383. The van der Waals surface area contributed by atoms with E-state index in [9.17, 15) is 9.59 Å². The lowest BCUT2D eigenvalue weighted by Gasteiger charge is -2.14. The summed E-state index contributed by atoms with van der Waals surface area (Å²) in [6, 6.07) is 22.6. The second kappa shape index (κ2) is 8.88. The first kappa shape index (κ1) is 20.4. The van der Waals surface area contributed by atoms with E-state index in [0.717, 1.165) is 27.6 Å². The predicted molar refractivity (Wildman–Crippen MR) is 123 cm³/mol. The highest BCUT2D eigenvalue weighted by Crippen LogP contribution is 2.24. The van der Waals surface area contributed by atoms with Crippen molar-refractivity contribution in [3.05, 3.63) is 111 Å². The molecule has 1 heterocycles. The molecule has 0 atom stereocenters. The number of fused-ring (bicyclic) bond motifs is 1. The maximum Gasteiger partial charge on any atom is 0.336 e. The van der Waals surface area contributed by atoms with Crippen molar-refractivity contribution in [1.29, 1.82) is 0 Å². The zero-order valence-corrected chi connectivity index (χ0v) is 17.6. The molecule has 3 aromatic carbocycles. The van der Waals surface area contributed by atoms with Crippen LogP contribution in [0.4, 0.5) is 5.69 Å². The average Bonchev–Trinajstić information content (AvgIpc) is 2.79. The molecular formula is C26H24N2O3. The van der Waals surface area contributed by atoms with E-state index >= 15 is 0 Å². The molecule has 0 fully saturated rings. The van der Waals surface area contributed by atoms with Crippen LogP contribution in [0.1, 0.15) is 32.6 Å². The second-order valence-corrected chi connectivity index (χ2v) is 7.54. The topological polar surface area (TPSA) is 71.3 Å². The van der Waals surface area contributed by atoms with Crippen LogP contribution < -0.4 is 16.3 Å². The Morgan fingerprint density at radius 2 is 1.65 bits per heavy atom. The van der Waals surface area contributed by atoms with Crippen LogP contribution in [0.5, 0.6) is 0 Å². The van der Waals surface area contributed by atoms with Gasteiger partial charge in [-0.1, -0.05) is 54.6 Å². The predicted octanol–water partition coefficient (Wildman–Crippen LogP) is 4.95. The van der Waals surface area contributed by atoms with Gasteiger partial charge in [-0.3, -0.25) is 4.79 Å². The third kappa shape index (κ3) is 4.51. The van der Waals surface area contributed by atoms with Crippen molar-refractivity contribution in [2.75, 3.05) is 5.32 Å². The van der Waals surface area contributed by atoms with Crippen molar-refractivity contribution in [2.24, 2.45) is 0 Å². The molecule has 0 saturated carbocycles. The van der Waals surface area contributed by atoms with E-state index in [-0.39, 0.29) is 11.5 Å². The van der Waals surface area contributed by atoms with Crippen molar-refractivity contribution in [1.82, 2.24) is 5.32 Å². The smallest absolute Gasteiger partial charge is 0.336 e. The van der Waals surface area contributed by atoms with Crippen molar-refractivity contribution in [2.45, 2.75) is 26.9 Å². The molecule has 31 heavy (non-hydrogen) atoms. The Morgan fingerprint density at radius 3 is 2.45 bits per heavy atom. The van der Waals surface area contributed by atoms with Crippen LogP contribution in [0, 0.1) is 13.8 Å². The van der Waals surface area contributed by atoms with Gasteiger partial charge < -0.3 is 15.1 Å². The van der Waals surface area contributed by atoms with Crippen LogP contribution in [-0.2, 0) is 13.1 Å². The van der Waals surface area contributed by atoms with Gasteiger partial charge in [0.05, 0.1) is 5.56 Å². The summed E-state index contributed by atoms with van der Waals surface area (Å²) in [5.41, 5.74) is 5.38. The summed E-state index contributed by atoms with van der Waals surface area (Å²) in [5.74, 6) is -0.157. The van der Waals surface area contributed by atoms with Gasteiger partial charge in [0.1, 0.15) is 5.58 Å². The molecule has 4 aromatic rings. The first-order valence-corrected chi connectivity index (χ1v) is 10.2. The molecule has 1 amide bonds. The largest absolute Gasteiger partial charge is 0.422 e. The SMILES string of the molecule is Cc1ccc2c(CNc3ccccc3C(=O)NCc3ccccc3)cc(=O)oc2c1C. The van der Waals surface area contributed by atoms with Gasteiger partial charge in [0.25, 0.3) is 5.91 Å². The fraction of sp³-hybridized carbons (Fsp3) is 0.154. The lowest BCUT2D eigenvalue weighted by Crippen LogP contribution is -2.24. The van der Waals surface area contributed by atoms with Gasteiger partial charge >= 0.3 is 5.63 Å². The quantitative estimate of drug-likeness (QED) is 0.440. The number of hydrogen-bond acceptors (Lipinski definition) is 4. The zero-order chi connectivity index (χ0) is 21.8. The minimum absolute atomic E-state index is 0.157. The van der Waals surface area contributed by atoms with Gasteiger partial charge in [0.2, 0.25) is 0 Å². The lowest BCUT2D eigenvalue weighted by molar-refractivity contribution is 0.0951. The number of para-hydroxylation sites is 1. The van der Waals surface area contributed by atoms with Crippen LogP contribution >= 0.6 is 0 Å². The molecule has 4 rings (SSSR count). The van der Waals surface area contributed by atoms with Crippen molar-refractivity contribution < 1.29 is 9.21 Å². The molecule has 5 nitrogen and oxygen atoms in total. The summed E-state index contributed by atoms with van der Waals surface area (Å²) in [6.07, 6.45) is 0. The molecule has 0 bridgehead atoms. The first-order valence-electron chi connectivity index (χ1n) is 10.2. The number of anilines is 1. The van der Waals surface area contributed by atoms with Crippen molar-refractivity contribution in [3.8, 4) is 0 Å². The standard InChI is InChI=1S/C26H24N2O3/c1-17-12-13-21-20(14-24(29)31-25(21)18(17)2)16-27-23-11-7-6-10-22(23)26(30)28-15-19-8-4-3-5-9-19/h3-14,27H,15-16H2,1-2H3,(H,28,30). The van der Waals surface area contributed by atoms with E-state index < -0.39 is 0 Å². The first-order chi connectivity index (χ1) is 15.0. The van der Waals surface area contributed by atoms with Crippen LogP contribution in [0.2, 0.25) is 0 Å². The molecule has 0 aliphatic rings. The van der Waals surface area contributed by atoms with Crippen LogP contribution in [0.15, 0.2) is 82.0 Å². The molecule has 0 saturated heterocycles. The maximum atomic E-state index is 12.8. The number of nitrogens with one attached hydrogen (secondary N) is 2. The summed E-state index contributed by atoms with van der Waals surface area (Å²) in [5, 5.41) is 7.17.